The zero-order chi connectivity index (χ0) is 17.5. The van der Waals surface area contributed by atoms with Crippen LogP contribution in [0.15, 0.2) is 53.4 Å². The number of nitrogens with zero attached hydrogens (tertiary/aromatic N) is 2. The first-order chi connectivity index (χ1) is 11.3. The summed E-state index contributed by atoms with van der Waals surface area (Å²) >= 11 is 0. The maximum Gasteiger partial charge on any atom is 0.175 e. The summed E-state index contributed by atoms with van der Waals surface area (Å²) in [4.78, 5) is 5.02. The topological polar surface area (TPSA) is 52.0 Å². The van der Waals surface area contributed by atoms with Gasteiger partial charge in [0.1, 0.15) is 5.82 Å². The van der Waals surface area contributed by atoms with Crippen molar-refractivity contribution in [2.24, 2.45) is 0 Å². The zero-order valence-corrected chi connectivity index (χ0v) is 15.1. The maximum absolute atomic E-state index is 11.7. The van der Waals surface area contributed by atoms with Crippen LogP contribution in [0, 0.1) is 20.8 Å². The van der Waals surface area contributed by atoms with Gasteiger partial charge in [0, 0.05) is 23.2 Å². The summed E-state index contributed by atoms with van der Waals surface area (Å²) in [6.07, 6.45) is 1.21. The molecular weight excluding hydrogens is 320 g/mol. The first kappa shape index (κ1) is 16.5. The van der Waals surface area contributed by atoms with Crippen molar-refractivity contribution >= 4 is 9.84 Å². The average molecular weight is 340 g/mol. The Balaban J connectivity index is 2.16. The van der Waals surface area contributed by atoms with Crippen LogP contribution < -0.4 is 0 Å². The number of rotatable bonds is 3. The molecule has 0 aliphatic heterocycles. The van der Waals surface area contributed by atoms with Crippen LogP contribution in [0.1, 0.15) is 17.0 Å². The highest BCUT2D eigenvalue weighted by Gasteiger charge is 2.15. The Bertz CT molecular complexity index is 983. The largest absolute Gasteiger partial charge is 0.297 e. The van der Waals surface area contributed by atoms with Gasteiger partial charge in [-0.05, 0) is 45.0 Å². The van der Waals surface area contributed by atoms with Crippen LogP contribution in [-0.2, 0) is 9.84 Å². The summed E-state index contributed by atoms with van der Waals surface area (Å²) in [6, 6.07) is 15.1. The number of hydrogen-bond donors (Lipinski definition) is 0. The minimum atomic E-state index is -3.20. The number of sulfone groups is 1. The molecule has 0 bridgehead atoms. The molecule has 3 rings (SSSR count). The van der Waals surface area contributed by atoms with E-state index in [-0.39, 0.29) is 0 Å². The highest BCUT2D eigenvalue weighted by molar-refractivity contribution is 7.90. The highest BCUT2D eigenvalue weighted by Crippen LogP contribution is 2.27. The van der Waals surface area contributed by atoms with Gasteiger partial charge in [0.05, 0.1) is 10.6 Å². The summed E-state index contributed by atoms with van der Waals surface area (Å²) < 4.78 is 25.4. The van der Waals surface area contributed by atoms with Gasteiger partial charge in [0.25, 0.3) is 0 Å². The fourth-order valence-corrected chi connectivity index (χ4v) is 3.30. The van der Waals surface area contributed by atoms with Crippen molar-refractivity contribution in [1.29, 1.82) is 0 Å². The molecule has 0 atom stereocenters. The second-order valence-corrected chi connectivity index (χ2v) is 8.09. The Labute approximate surface area is 142 Å². The van der Waals surface area contributed by atoms with Crippen LogP contribution in [0.4, 0.5) is 0 Å². The second kappa shape index (κ2) is 5.91. The lowest BCUT2D eigenvalue weighted by atomic mass is 10.1. The average Bonchev–Trinajstić information content (AvgIpc) is 2.83. The van der Waals surface area contributed by atoms with Crippen molar-refractivity contribution in [3.63, 3.8) is 0 Å². The first-order valence-electron chi connectivity index (χ1n) is 7.71. The van der Waals surface area contributed by atoms with Crippen LogP contribution in [0.3, 0.4) is 0 Å². The van der Waals surface area contributed by atoms with Gasteiger partial charge in [-0.1, -0.05) is 29.8 Å². The second-order valence-electron chi connectivity index (χ2n) is 6.07. The van der Waals surface area contributed by atoms with Gasteiger partial charge < -0.3 is 0 Å². The number of aryl methyl sites for hydroxylation is 2. The Morgan fingerprint density at radius 2 is 1.46 bits per heavy atom. The molecule has 3 aromatic rings. The molecule has 0 saturated heterocycles. The van der Waals surface area contributed by atoms with Crippen molar-refractivity contribution in [3.8, 4) is 17.1 Å². The van der Waals surface area contributed by atoms with Crippen LogP contribution in [-0.4, -0.2) is 24.2 Å². The Morgan fingerprint density at radius 1 is 0.875 bits per heavy atom. The monoisotopic (exact) mass is 340 g/mol. The van der Waals surface area contributed by atoms with Crippen molar-refractivity contribution in [2.45, 2.75) is 25.7 Å². The van der Waals surface area contributed by atoms with Crippen molar-refractivity contribution in [2.75, 3.05) is 6.26 Å². The molecule has 0 aliphatic rings. The molecule has 124 valence electrons. The molecule has 0 aliphatic carbocycles. The highest BCUT2D eigenvalue weighted by atomic mass is 32.2. The fourth-order valence-electron chi connectivity index (χ4n) is 2.67. The summed E-state index contributed by atoms with van der Waals surface area (Å²) in [6.45, 7) is 6.05. The van der Waals surface area contributed by atoms with E-state index in [9.17, 15) is 8.42 Å². The SMILES string of the molecule is Cc1ccc(-c2nc(C)c(C)n2-c2ccc(S(C)(=O)=O)cc2)cc1. The van der Waals surface area contributed by atoms with Crippen LogP contribution >= 0.6 is 0 Å². The number of imidazole rings is 1. The predicted octanol–water partition coefficient (Wildman–Crippen LogP) is 3.87. The number of benzene rings is 2. The van der Waals surface area contributed by atoms with Crippen LogP contribution in [0.2, 0.25) is 0 Å². The molecule has 5 heteroatoms. The molecule has 0 radical (unpaired) electrons. The summed E-state index contributed by atoms with van der Waals surface area (Å²) in [5.41, 5.74) is 5.12. The fraction of sp³-hybridized carbons (Fsp3) is 0.211. The van der Waals surface area contributed by atoms with E-state index in [1.54, 1.807) is 12.1 Å². The van der Waals surface area contributed by atoms with E-state index >= 15 is 0 Å². The molecule has 0 amide bonds. The van der Waals surface area contributed by atoms with E-state index in [1.165, 1.54) is 11.8 Å². The van der Waals surface area contributed by atoms with E-state index in [0.717, 1.165) is 28.5 Å². The molecule has 1 aromatic heterocycles. The quantitative estimate of drug-likeness (QED) is 0.727. The third-order valence-electron chi connectivity index (χ3n) is 4.18. The van der Waals surface area contributed by atoms with E-state index in [2.05, 4.69) is 35.8 Å². The smallest absolute Gasteiger partial charge is 0.175 e. The first-order valence-corrected chi connectivity index (χ1v) is 9.60. The van der Waals surface area contributed by atoms with E-state index in [1.807, 2.05) is 26.0 Å². The normalized spacial score (nSPS) is 11.7. The Hall–Kier alpha value is -2.40. The molecule has 0 fully saturated rings. The third-order valence-corrected chi connectivity index (χ3v) is 5.31. The minimum absolute atomic E-state index is 0.317. The molecule has 1 heterocycles. The van der Waals surface area contributed by atoms with Crippen LogP contribution in [0.25, 0.3) is 17.1 Å². The maximum atomic E-state index is 11.7. The molecular formula is C19H20N2O2S. The Morgan fingerprint density at radius 3 is 2.00 bits per heavy atom. The standard InChI is InChI=1S/C19H20N2O2S/c1-13-5-7-16(8-6-13)19-20-14(2)15(3)21(19)17-9-11-18(12-10-17)24(4,22)23/h5-12H,1-4H3. The van der Waals surface area contributed by atoms with Gasteiger partial charge in [-0.2, -0.15) is 0 Å². The minimum Gasteiger partial charge on any atom is -0.297 e. The summed E-state index contributed by atoms with van der Waals surface area (Å²) in [5, 5.41) is 0. The lowest BCUT2D eigenvalue weighted by Crippen LogP contribution is -2.02. The van der Waals surface area contributed by atoms with E-state index in [4.69, 9.17) is 4.98 Å². The summed E-state index contributed by atoms with van der Waals surface area (Å²) in [7, 11) is -3.20. The van der Waals surface area contributed by atoms with Gasteiger partial charge >= 0.3 is 0 Å². The Kier molecular flexibility index (Phi) is 4.05. The van der Waals surface area contributed by atoms with E-state index < -0.39 is 9.84 Å². The molecule has 0 saturated carbocycles. The molecule has 0 spiro atoms. The van der Waals surface area contributed by atoms with Crippen LogP contribution in [0.5, 0.6) is 0 Å². The van der Waals surface area contributed by atoms with Gasteiger partial charge in [-0.3, -0.25) is 4.57 Å². The number of hydrogen-bond acceptors (Lipinski definition) is 3. The van der Waals surface area contributed by atoms with Gasteiger partial charge in [0.2, 0.25) is 0 Å². The lowest BCUT2D eigenvalue weighted by molar-refractivity contribution is 0.602. The number of aromatic nitrogens is 2. The van der Waals surface area contributed by atoms with E-state index in [0.29, 0.717) is 4.90 Å². The van der Waals surface area contributed by atoms with Crippen molar-refractivity contribution < 1.29 is 8.42 Å². The van der Waals surface area contributed by atoms with Crippen molar-refractivity contribution in [1.82, 2.24) is 9.55 Å². The molecule has 24 heavy (non-hydrogen) atoms. The molecule has 4 nitrogen and oxygen atoms in total. The van der Waals surface area contributed by atoms with Crippen molar-refractivity contribution in [3.05, 3.63) is 65.5 Å². The molecule has 2 aromatic carbocycles. The predicted molar refractivity (Wildman–Crippen MR) is 96.3 cm³/mol. The summed E-state index contributed by atoms with van der Waals surface area (Å²) in [5.74, 6) is 0.858. The van der Waals surface area contributed by atoms with Gasteiger partial charge in [0.15, 0.2) is 9.84 Å². The van der Waals surface area contributed by atoms with Gasteiger partial charge in [-0.15, -0.1) is 0 Å². The third kappa shape index (κ3) is 2.99. The van der Waals surface area contributed by atoms with Gasteiger partial charge in [-0.25, -0.2) is 13.4 Å². The zero-order valence-electron chi connectivity index (χ0n) is 14.2. The lowest BCUT2D eigenvalue weighted by Gasteiger charge is -2.11. The molecule has 0 N–H and O–H groups in total. The molecule has 0 unspecified atom stereocenters.